The number of rotatable bonds is 4. The second-order valence-corrected chi connectivity index (χ2v) is 3.52. The van der Waals surface area contributed by atoms with Gasteiger partial charge in [-0.3, -0.25) is 4.98 Å². The van der Waals surface area contributed by atoms with Crippen LogP contribution in [0.4, 0.5) is 5.69 Å². The van der Waals surface area contributed by atoms with E-state index in [-0.39, 0.29) is 6.61 Å². The Bertz CT molecular complexity index is 270. The van der Waals surface area contributed by atoms with E-state index in [2.05, 4.69) is 26.2 Å². The molecule has 0 spiro atoms. The maximum absolute atomic E-state index is 9.04. The summed E-state index contributed by atoms with van der Waals surface area (Å²) in [5, 5.41) is 20.5. The van der Waals surface area contributed by atoms with E-state index in [9.17, 15) is 0 Å². The number of nitrogens with one attached hydrogen (secondary N) is 1. The average Bonchev–Trinajstić information content (AvgIpc) is 2.14. The van der Waals surface area contributed by atoms with Gasteiger partial charge in [0.1, 0.15) is 0 Å². The fourth-order valence-electron chi connectivity index (χ4n) is 0.809. The molecule has 0 aliphatic heterocycles. The summed E-state index contributed by atoms with van der Waals surface area (Å²) in [6.45, 7) is 0.0725. The molecule has 0 saturated carbocycles. The number of nitrogens with zero attached hydrogens (tertiary/aromatic N) is 1. The second kappa shape index (κ2) is 5.16. The van der Waals surface area contributed by atoms with Crippen molar-refractivity contribution in [3.8, 4) is 0 Å². The summed E-state index contributed by atoms with van der Waals surface area (Å²) in [7, 11) is 0. The van der Waals surface area contributed by atoms with E-state index in [1.807, 2.05) is 6.07 Å². The van der Waals surface area contributed by atoms with Crippen LogP contribution in [-0.2, 0) is 0 Å². The van der Waals surface area contributed by atoms with Crippen LogP contribution in [0.2, 0.25) is 0 Å². The normalized spacial score (nSPS) is 12.5. The predicted molar refractivity (Wildman–Crippen MR) is 53.5 cm³/mol. The molecule has 1 aromatic rings. The highest BCUT2D eigenvalue weighted by Gasteiger charge is 2.01. The minimum absolute atomic E-state index is 0.242. The number of anilines is 1. The van der Waals surface area contributed by atoms with E-state index in [0.29, 0.717) is 6.54 Å². The van der Waals surface area contributed by atoms with Crippen molar-refractivity contribution >= 4 is 21.6 Å². The minimum atomic E-state index is -0.737. The molecule has 0 aromatic carbocycles. The SMILES string of the molecule is OCC(O)CNc1cncc(Br)c1. The average molecular weight is 247 g/mol. The van der Waals surface area contributed by atoms with Crippen molar-refractivity contribution in [1.82, 2.24) is 4.98 Å². The number of halogens is 1. The van der Waals surface area contributed by atoms with Gasteiger partial charge in [0.2, 0.25) is 0 Å². The molecule has 3 N–H and O–H groups in total. The van der Waals surface area contributed by atoms with Crippen LogP contribution in [0, 0.1) is 0 Å². The Balaban J connectivity index is 2.45. The molecule has 0 saturated heterocycles. The van der Waals surface area contributed by atoms with Crippen molar-refractivity contribution in [3.05, 3.63) is 22.9 Å². The third-order valence-corrected chi connectivity index (χ3v) is 1.89. The molecule has 72 valence electrons. The van der Waals surface area contributed by atoms with Gasteiger partial charge in [0, 0.05) is 17.2 Å². The highest BCUT2D eigenvalue weighted by atomic mass is 79.9. The number of pyridine rings is 1. The molecular formula is C8H11BrN2O2. The zero-order valence-electron chi connectivity index (χ0n) is 6.94. The molecule has 1 heterocycles. The first-order valence-electron chi connectivity index (χ1n) is 3.85. The van der Waals surface area contributed by atoms with Crippen LogP contribution in [0.3, 0.4) is 0 Å². The number of hydrogen-bond donors (Lipinski definition) is 3. The molecule has 5 heteroatoms. The zero-order chi connectivity index (χ0) is 9.68. The monoisotopic (exact) mass is 246 g/mol. The first kappa shape index (κ1) is 10.4. The fourth-order valence-corrected chi connectivity index (χ4v) is 1.17. The Hall–Kier alpha value is -0.650. The second-order valence-electron chi connectivity index (χ2n) is 2.61. The van der Waals surface area contributed by atoms with E-state index in [4.69, 9.17) is 10.2 Å². The lowest BCUT2D eigenvalue weighted by Crippen LogP contribution is -2.22. The smallest absolute Gasteiger partial charge is 0.0942 e. The van der Waals surface area contributed by atoms with Gasteiger partial charge in [-0.05, 0) is 22.0 Å². The first-order valence-corrected chi connectivity index (χ1v) is 4.65. The molecule has 0 fully saturated rings. The number of aliphatic hydroxyl groups is 2. The third-order valence-electron chi connectivity index (χ3n) is 1.46. The summed E-state index contributed by atoms with van der Waals surface area (Å²) in [5.41, 5.74) is 0.807. The molecule has 0 amide bonds. The van der Waals surface area contributed by atoms with Crippen LogP contribution >= 0.6 is 15.9 Å². The van der Waals surface area contributed by atoms with Gasteiger partial charge >= 0.3 is 0 Å². The van der Waals surface area contributed by atoms with Gasteiger partial charge in [0.15, 0.2) is 0 Å². The van der Waals surface area contributed by atoms with Crippen LogP contribution in [0.15, 0.2) is 22.9 Å². The van der Waals surface area contributed by atoms with E-state index in [1.54, 1.807) is 12.4 Å². The zero-order valence-corrected chi connectivity index (χ0v) is 8.53. The highest BCUT2D eigenvalue weighted by molar-refractivity contribution is 9.10. The molecule has 4 nitrogen and oxygen atoms in total. The topological polar surface area (TPSA) is 65.4 Å². The summed E-state index contributed by atoms with van der Waals surface area (Å²) in [6.07, 6.45) is 2.58. The molecule has 1 rings (SSSR count). The van der Waals surface area contributed by atoms with Crippen LogP contribution in [0.1, 0.15) is 0 Å². The number of hydrogen-bond acceptors (Lipinski definition) is 4. The molecule has 1 aromatic heterocycles. The van der Waals surface area contributed by atoms with Crippen molar-refractivity contribution < 1.29 is 10.2 Å². The first-order chi connectivity index (χ1) is 6.22. The van der Waals surface area contributed by atoms with E-state index >= 15 is 0 Å². The van der Waals surface area contributed by atoms with Crippen molar-refractivity contribution in [2.24, 2.45) is 0 Å². The van der Waals surface area contributed by atoms with Gasteiger partial charge < -0.3 is 15.5 Å². The lowest BCUT2D eigenvalue weighted by Gasteiger charge is -2.09. The molecule has 1 atom stereocenters. The van der Waals surface area contributed by atoms with Crippen LogP contribution < -0.4 is 5.32 Å². The van der Waals surface area contributed by atoms with Crippen molar-refractivity contribution in [3.63, 3.8) is 0 Å². The Morgan fingerprint density at radius 2 is 2.31 bits per heavy atom. The lowest BCUT2D eigenvalue weighted by molar-refractivity contribution is 0.105. The summed E-state index contributed by atoms with van der Waals surface area (Å²) < 4.78 is 0.871. The van der Waals surface area contributed by atoms with Gasteiger partial charge in [-0.1, -0.05) is 0 Å². The molecule has 13 heavy (non-hydrogen) atoms. The van der Waals surface area contributed by atoms with E-state index in [0.717, 1.165) is 10.2 Å². The Morgan fingerprint density at radius 1 is 1.54 bits per heavy atom. The molecule has 1 unspecified atom stereocenters. The van der Waals surface area contributed by atoms with Crippen molar-refractivity contribution in [2.75, 3.05) is 18.5 Å². The summed E-state index contributed by atoms with van der Waals surface area (Å²) in [5.74, 6) is 0. The Labute approximate surface area is 84.8 Å². The molecule has 0 aliphatic rings. The molecule has 0 aliphatic carbocycles. The maximum Gasteiger partial charge on any atom is 0.0942 e. The van der Waals surface area contributed by atoms with Gasteiger partial charge in [-0.15, -0.1) is 0 Å². The lowest BCUT2D eigenvalue weighted by atomic mass is 10.3. The molecule has 0 radical (unpaired) electrons. The minimum Gasteiger partial charge on any atom is -0.394 e. The quantitative estimate of drug-likeness (QED) is 0.729. The van der Waals surface area contributed by atoms with Crippen molar-refractivity contribution in [2.45, 2.75) is 6.10 Å². The molecular weight excluding hydrogens is 236 g/mol. The largest absolute Gasteiger partial charge is 0.394 e. The number of aliphatic hydroxyl groups excluding tert-OH is 2. The number of aromatic nitrogens is 1. The summed E-state index contributed by atoms with van der Waals surface area (Å²) in [4.78, 5) is 3.93. The Morgan fingerprint density at radius 3 is 2.92 bits per heavy atom. The van der Waals surface area contributed by atoms with Crippen LogP contribution in [0.25, 0.3) is 0 Å². The Kier molecular flexibility index (Phi) is 4.14. The summed E-state index contributed by atoms with van der Waals surface area (Å²) in [6, 6.07) is 1.84. The van der Waals surface area contributed by atoms with E-state index in [1.165, 1.54) is 0 Å². The van der Waals surface area contributed by atoms with Gasteiger partial charge in [-0.2, -0.15) is 0 Å². The van der Waals surface area contributed by atoms with Crippen LogP contribution in [0.5, 0.6) is 0 Å². The van der Waals surface area contributed by atoms with E-state index < -0.39 is 6.10 Å². The van der Waals surface area contributed by atoms with Gasteiger partial charge in [-0.25, -0.2) is 0 Å². The predicted octanol–water partition coefficient (Wildman–Crippen LogP) is 0.609. The third kappa shape index (κ3) is 3.71. The van der Waals surface area contributed by atoms with Gasteiger partial charge in [0.25, 0.3) is 0 Å². The van der Waals surface area contributed by atoms with Crippen molar-refractivity contribution in [1.29, 1.82) is 0 Å². The summed E-state index contributed by atoms with van der Waals surface area (Å²) >= 11 is 3.27. The highest BCUT2D eigenvalue weighted by Crippen LogP contribution is 2.13. The standard InChI is InChI=1S/C8H11BrN2O2/c9-6-1-7(3-10-2-6)11-4-8(13)5-12/h1-3,8,11-13H,4-5H2. The maximum atomic E-state index is 9.04. The fraction of sp³-hybridized carbons (Fsp3) is 0.375. The van der Waals surface area contributed by atoms with Crippen LogP contribution in [-0.4, -0.2) is 34.5 Å². The van der Waals surface area contributed by atoms with Gasteiger partial charge in [0.05, 0.1) is 24.6 Å². The molecule has 0 bridgehead atoms.